The van der Waals surface area contributed by atoms with Crippen molar-refractivity contribution in [1.82, 2.24) is 14.9 Å². The highest BCUT2D eigenvalue weighted by atomic mass is 32.2. The molecule has 1 rings (SSSR count). The highest BCUT2D eigenvalue weighted by Gasteiger charge is 2.22. The molecule has 1 atom stereocenters. The fourth-order valence-electron chi connectivity index (χ4n) is 2.35. The molecule has 0 aliphatic rings. The Morgan fingerprint density at radius 3 is 2.24 bits per heavy atom. The molecule has 1 aromatic carbocycles. The summed E-state index contributed by atoms with van der Waals surface area (Å²) in [6.45, 7) is 8.85. The molecular weight excluding hydrogens is 398 g/mol. The van der Waals surface area contributed by atoms with Gasteiger partial charge in [-0.05, 0) is 31.2 Å². The lowest BCUT2D eigenvalue weighted by Crippen LogP contribution is -2.38. The number of hydrogen-bond acceptors (Lipinski definition) is 6. The molecule has 0 bridgehead atoms. The van der Waals surface area contributed by atoms with Gasteiger partial charge in [-0.1, -0.05) is 19.9 Å². The van der Waals surface area contributed by atoms with Gasteiger partial charge in [0.25, 0.3) is 11.8 Å². The van der Waals surface area contributed by atoms with E-state index in [1.807, 2.05) is 0 Å². The van der Waals surface area contributed by atoms with Crippen LogP contribution in [-0.2, 0) is 24.3 Å². The van der Waals surface area contributed by atoms with Crippen molar-refractivity contribution in [1.29, 1.82) is 0 Å². The first kappa shape index (κ1) is 24.3. The molecule has 0 saturated heterocycles. The normalized spacial score (nSPS) is 12.1. The fraction of sp³-hybridized carbons (Fsp3) is 0.421. The van der Waals surface area contributed by atoms with Crippen LogP contribution >= 0.6 is 0 Å². The zero-order valence-corrected chi connectivity index (χ0v) is 17.6. The Bertz CT molecular complexity index is 832. The summed E-state index contributed by atoms with van der Waals surface area (Å²) >= 11 is 0. The largest absolute Gasteiger partial charge is 0.451 e. The monoisotopic (exact) mass is 425 g/mol. The van der Waals surface area contributed by atoms with Crippen molar-refractivity contribution in [2.45, 2.75) is 31.8 Å². The molecular formula is C19H27N3O6S. The first-order valence-electron chi connectivity index (χ1n) is 9.13. The molecule has 0 heterocycles. The number of hydrogen-bond donors (Lipinski definition) is 2. The van der Waals surface area contributed by atoms with Gasteiger partial charge in [0.2, 0.25) is 10.0 Å². The Hall–Kier alpha value is -2.72. The smallest absolute Gasteiger partial charge is 0.326 e. The molecule has 9 nitrogen and oxygen atoms in total. The summed E-state index contributed by atoms with van der Waals surface area (Å²) in [6.07, 6.45) is 0.481. The number of rotatable bonds is 11. The van der Waals surface area contributed by atoms with E-state index in [9.17, 15) is 22.8 Å². The van der Waals surface area contributed by atoms with Crippen LogP contribution in [0.15, 0.2) is 41.8 Å². The number of benzene rings is 1. The number of esters is 1. The molecule has 29 heavy (non-hydrogen) atoms. The Morgan fingerprint density at radius 2 is 1.72 bits per heavy atom. The van der Waals surface area contributed by atoms with Gasteiger partial charge < -0.3 is 15.4 Å². The zero-order valence-electron chi connectivity index (χ0n) is 16.8. The fourth-order valence-corrected chi connectivity index (χ4v) is 3.81. The number of nitrogens with zero attached hydrogens (tertiary/aromatic N) is 1. The van der Waals surface area contributed by atoms with E-state index in [0.717, 1.165) is 0 Å². The lowest BCUT2D eigenvalue weighted by molar-refractivity contribution is -0.153. The summed E-state index contributed by atoms with van der Waals surface area (Å²) in [6, 6.07) is 5.41. The number of amides is 2. The summed E-state index contributed by atoms with van der Waals surface area (Å²) in [5.74, 6) is -1.83. The van der Waals surface area contributed by atoms with E-state index in [2.05, 4.69) is 17.2 Å². The lowest BCUT2D eigenvalue weighted by Gasteiger charge is -2.18. The summed E-state index contributed by atoms with van der Waals surface area (Å²) in [5.41, 5.74) is 0.188. The molecule has 10 heteroatoms. The predicted octanol–water partition coefficient (Wildman–Crippen LogP) is 0.681. The highest BCUT2D eigenvalue weighted by molar-refractivity contribution is 7.89. The van der Waals surface area contributed by atoms with Crippen molar-refractivity contribution in [2.24, 2.45) is 0 Å². The third-order valence-electron chi connectivity index (χ3n) is 3.95. The Balaban J connectivity index is 2.64. The van der Waals surface area contributed by atoms with Crippen LogP contribution in [0.3, 0.4) is 0 Å². The molecule has 0 saturated carbocycles. The van der Waals surface area contributed by atoms with Crippen LogP contribution in [0.25, 0.3) is 0 Å². The van der Waals surface area contributed by atoms with Crippen molar-refractivity contribution < 1.29 is 27.5 Å². The maximum atomic E-state index is 12.4. The van der Waals surface area contributed by atoms with Gasteiger partial charge in [-0.2, -0.15) is 4.31 Å². The topological polar surface area (TPSA) is 122 Å². The molecule has 0 fully saturated rings. The third-order valence-corrected chi connectivity index (χ3v) is 6.02. The van der Waals surface area contributed by atoms with E-state index < -0.39 is 40.5 Å². The molecule has 0 spiro atoms. The van der Waals surface area contributed by atoms with Crippen LogP contribution in [0.5, 0.6) is 0 Å². The molecule has 0 aliphatic heterocycles. The maximum Gasteiger partial charge on any atom is 0.326 e. The number of sulfonamides is 1. The van der Waals surface area contributed by atoms with Gasteiger partial charge in [0.15, 0.2) is 6.10 Å². The van der Waals surface area contributed by atoms with E-state index in [4.69, 9.17) is 4.74 Å². The average molecular weight is 426 g/mol. The number of nitrogens with one attached hydrogen (secondary N) is 2. The number of carbonyl (C=O) groups is 3. The van der Waals surface area contributed by atoms with Crippen molar-refractivity contribution in [3.05, 3.63) is 42.5 Å². The lowest BCUT2D eigenvalue weighted by atomic mass is 10.2. The SMILES string of the molecule is C=CCNC(=O)C(C)OC(=O)CNC(=O)c1ccc(S(=O)(=O)N(CC)CC)cc1. The van der Waals surface area contributed by atoms with Gasteiger partial charge in [0.1, 0.15) is 6.54 Å². The second-order valence-electron chi connectivity index (χ2n) is 5.96. The zero-order chi connectivity index (χ0) is 22.0. The van der Waals surface area contributed by atoms with E-state index in [-0.39, 0.29) is 17.0 Å². The summed E-state index contributed by atoms with van der Waals surface area (Å²) in [5, 5.41) is 4.86. The van der Waals surface area contributed by atoms with E-state index in [1.54, 1.807) is 13.8 Å². The minimum absolute atomic E-state index is 0.0801. The standard InChI is InChI=1S/C19H27N3O6S/c1-5-12-20-18(24)14(4)28-17(23)13-21-19(25)15-8-10-16(11-9-15)29(26,27)22(6-2)7-3/h5,8-11,14H,1,6-7,12-13H2,2-4H3,(H,20,24)(H,21,25). The van der Waals surface area contributed by atoms with Crippen LogP contribution in [0.2, 0.25) is 0 Å². The van der Waals surface area contributed by atoms with Gasteiger partial charge in [-0.3, -0.25) is 14.4 Å². The minimum Gasteiger partial charge on any atom is -0.451 e. The molecule has 0 radical (unpaired) electrons. The van der Waals surface area contributed by atoms with E-state index >= 15 is 0 Å². The average Bonchev–Trinajstić information content (AvgIpc) is 2.70. The molecule has 1 aromatic rings. The second-order valence-corrected chi connectivity index (χ2v) is 7.90. The Kier molecular flexibility index (Phi) is 9.49. The van der Waals surface area contributed by atoms with Gasteiger partial charge >= 0.3 is 5.97 Å². The third kappa shape index (κ3) is 6.99. The predicted molar refractivity (Wildman–Crippen MR) is 108 cm³/mol. The Labute approximate surface area is 171 Å². The van der Waals surface area contributed by atoms with E-state index in [0.29, 0.717) is 13.1 Å². The van der Waals surface area contributed by atoms with Gasteiger partial charge in [0.05, 0.1) is 4.90 Å². The first-order chi connectivity index (χ1) is 13.7. The minimum atomic E-state index is -3.61. The van der Waals surface area contributed by atoms with Crippen LogP contribution in [-0.4, -0.2) is 62.8 Å². The summed E-state index contributed by atoms with van der Waals surface area (Å²) in [7, 11) is -3.61. The number of carbonyl (C=O) groups excluding carboxylic acids is 3. The molecule has 0 aliphatic carbocycles. The van der Waals surface area contributed by atoms with Gasteiger partial charge in [-0.15, -0.1) is 6.58 Å². The van der Waals surface area contributed by atoms with Crippen molar-refractivity contribution in [2.75, 3.05) is 26.2 Å². The highest BCUT2D eigenvalue weighted by Crippen LogP contribution is 2.16. The van der Waals surface area contributed by atoms with Crippen LogP contribution in [0.1, 0.15) is 31.1 Å². The number of ether oxygens (including phenoxy) is 1. The Morgan fingerprint density at radius 1 is 1.14 bits per heavy atom. The van der Waals surface area contributed by atoms with Crippen molar-refractivity contribution in [3.63, 3.8) is 0 Å². The van der Waals surface area contributed by atoms with Crippen LogP contribution in [0.4, 0.5) is 0 Å². The molecule has 2 amide bonds. The van der Waals surface area contributed by atoms with Gasteiger partial charge in [0, 0.05) is 25.2 Å². The summed E-state index contributed by atoms with van der Waals surface area (Å²) in [4.78, 5) is 35.6. The van der Waals surface area contributed by atoms with Crippen LogP contribution in [0, 0.1) is 0 Å². The molecule has 0 aromatic heterocycles. The van der Waals surface area contributed by atoms with Crippen molar-refractivity contribution >= 4 is 27.8 Å². The molecule has 1 unspecified atom stereocenters. The van der Waals surface area contributed by atoms with E-state index in [1.165, 1.54) is 41.6 Å². The first-order valence-corrected chi connectivity index (χ1v) is 10.6. The quantitative estimate of drug-likeness (QED) is 0.397. The summed E-state index contributed by atoms with van der Waals surface area (Å²) < 4.78 is 31.1. The van der Waals surface area contributed by atoms with Gasteiger partial charge in [-0.25, -0.2) is 8.42 Å². The van der Waals surface area contributed by atoms with Crippen LogP contribution < -0.4 is 10.6 Å². The van der Waals surface area contributed by atoms with Crippen molar-refractivity contribution in [3.8, 4) is 0 Å². The molecule has 160 valence electrons. The second kappa shape index (κ2) is 11.3. The maximum absolute atomic E-state index is 12.4. The molecule has 2 N–H and O–H groups in total.